The molecule has 2 aromatic rings. The zero-order valence-corrected chi connectivity index (χ0v) is 15.8. The van der Waals surface area contributed by atoms with Crippen LogP contribution in [0.5, 0.6) is 11.9 Å². The molecule has 5 nitrogen and oxygen atoms in total. The molecule has 1 saturated carbocycles. The van der Waals surface area contributed by atoms with E-state index in [0.29, 0.717) is 17.8 Å². The third kappa shape index (κ3) is 3.40. The van der Waals surface area contributed by atoms with E-state index < -0.39 is 0 Å². The predicted molar refractivity (Wildman–Crippen MR) is 102 cm³/mol. The molecule has 1 aliphatic heterocycles. The van der Waals surface area contributed by atoms with Crippen molar-refractivity contribution < 1.29 is 9.47 Å². The molecule has 1 aliphatic carbocycles. The molecule has 4 rings (SSSR count). The van der Waals surface area contributed by atoms with Gasteiger partial charge in [0.05, 0.1) is 19.8 Å². The molecule has 1 aromatic heterocycles. The van der Waals surface area contributed by atoms with Gasteiger partial charge in [0.15, 0.2) is 0 Å². The Labute approximate surface area is 155 Å². The second-order valence-electron chi connectivity index (χ2n) is 7.49. The Morgan fingerprint density at radius 1 is 1.15 bits per heavy atom. The summed E-state index contributed by atoms with van der Waals surface area (Å²) in [5.74, 6) is 2.07. The monoisotopic (exact) mass is 353 g/mol. The van der Waals surface area contributed by atoms with Gasteiger partial charge in [-0.2, -0.15) is 4.98 Å². The Bertz CT molecular complexity index is 762. The standard InChI is InChI=1S/C21H27N3O2/c1-14-5-4-10-24(14)13-17-11-18(17)15-6-8-16(9-7-15)19-12-22-21(26-3)23-20(19)25-2/h6-9,12,14,17-18H,4-5,10-11,13H2,1-3H3/t14-,17+,18+/m1/s1. The molecule has 2 aliphatic rings. The number of hydrogen-bond acceptors (Lipinski definition) is 5. The second kappa shape index (κ2) is 7.23. The number of nitrogens with zero attached hydrogens (tertiary/aromatic N) is 3. The summed E-state index contributed by atoms with van der Waals surface area (Å²) in [6.45, 7) is 4.90. The summed E-state index contributed by atoms with van der Waals surface area (Å²) < 4.78 is 10.5. The van der Waals surface area contributed by atoms with Crippen LogP contribution in [0.1, 0.15) is 37.7 Å². The molecule has 2 fully saturated rings. The molecule has 3 atom stereocenters. The van der Waals surface area contributed by atoms with E-state index in [9.17, 15) is 0 Å². The van der Waals surface area contributed by atoms with Crippen LogP contribution in [0.15, 0.2) is 30.5 Å². The van der Waals surface area contributed by atoms with Crippen molar-refractivity contribution in [3.63, 3.8) is 0 Å². The molecule has 138 valence electrons. The van der Waals surface area contributed by atoms with Gasteiger partial charge >= 0.3 is 6.01 Å². The van der Waals surface area contributed by atoms with E-state index in [1.54, 1.807) is 20.4 Å². The Balaban J connectivity index is 1.45. The number of benzene rings is 1. The maximum Gasteiger partial charge on any atom is 0.319 e. The Morgan fingerprint density at radius 2 is 1.96 bits per heavy atom. The third-order valence-corrected chi connectivity index (χ3v) is 5.84. The third-order valence-electron chi connectivity index (χ3n) is 5.84. The Hall–Kier alpha value is -2.14. The molecular weight excluding hydrogens is 326 g/mol. The summed E-state index contributed by atoms with van der Waals surface area (Å²) in [6.07, 6.45) is 5.79. The number of methoxy groups -OCH3 is 2. The van der Waals surface area contributed by atoms with Gasteiger partial charge in [-0.25, -0.2) is 4.98 Å². The second-order valence-corrected chi connectivity index (χ2v) is 7.49. The van der Waals surface area contributed by atoms with Crippen LogP contribution in [0, 0.1) is 5.92 Å². The zero-order valence-electron chi connectivity index (χ0n) is 15.8. The van der Waals surface area contributed by atoms with Crippen molar-refractivity contribution >= 4 is 0 Å². The van der Waals surface area contributed by atoms with Crippen molar-refractivity contribution in [1.82, 2.24) is 14.9 Å². The maximum atomic E-state index is 5.40. The molecule has 5 heteroatoms. The van der Waals surface area contributed by atoms with Crippen LogP contribution < -0.4 is 9.47 Å². The highest BCUT2D eigenvalue weighted by atomic mass is 16.5. The van der Waals surface area contributed by atoms with Crippen LogP contribution in [0.25, 0.3) is 11.1 Å². The topological polar surface area (TPSA) is 47.5 Å². The molecule has 26 heavy (non-hydrogen) atoms. The number of ether oxygens (including phenoxy) is 2. The van der Waals surface area contributed by atoms with Crippen LogP contribution in [0.2, 0.25) is 0 Å². The molecular formula is C21H27N3O2. The number of rotatable bonds is 6. The van der Waals surface area contributed by atoms with Crippen molar-refractivity contribution in [2.45, 2.75) is 38.1 Å². The van der Waals surface area contributed by atoms with Crippen LogP contribution in [0.4, 0.5) is 0 Å². The summed E-state index contributed by atoms with van der Waals surface area (Å²) >= 11 is 0. The fourth-order valence-corrected chi connectivity index (χ4v) is 4.14. The van der Waals surface area contributed by atoms with Crippen LogP contribution in [-0.2, 0) is 0 Å². The minimum absolute atomic E-state index is 0.319. The SMILES string of the molecule is COc1ncc(-c2ccc([C@@H]3C[C@H]3CN3CCC[C@H]3C)cc2)c(OC)n1. The van der Waals surface area contributed by atoms with Crippen molar-refractivity contribution in [3.05, 3.63) is 36.0 Å². The summed E-state index contributed by atoms with van der Waals surface area (Å²) in [5, 5.41) is 0. The lowest BCUT2D eigenvalue weighted by Gasteiger charge is -2.20. The highest BCUT2D eigenvalue weighted by molar-refractivity contribution is 5.68. The van der Waals surface area contributed by atoms with Crippen molar-refractivity contribution in [1.29, 1.82) is 0 Å². The van der Waals surface area contributed by atoms with Crippen molar-refractivity contribution in [2.24, 2.45) is 5.92 Å². The molecule has 0 unspecified atom stereocenters. The van der Waals surface area contributed by atoms with Gasteiger partial charge in [-0.3, -0.25) is 0 Å². The van der Waals surface area contributed by atoms with Gasteiger partial charge in [-0.1, -0.05) is 24.3 Å². The van der Waals surface area contributed by atoms with Gasteiger partial charge in [0.2, 0.25) is 5.88 Å². The summed E-state index contributed by atoms with van der Waals surface area (Å²) in [7, 11) is 3.17. The lowest BCUT2D eigenvalue weighted by Crippen LogP contribution is -2.29. The van der Waals surface area contributed by atoms with Gasteiger partial charge < -0.3 is 14.4 Å². The van der Waals surface area contributed by atoms with Crippen molar-refractivity contribution in [3.8, 4) is 23.0 Å². The quantitative estimate of drug-likeness (QED) is 0.791. The lowest BCUT2D eigenvalue weighted by molar-refractivity contribution is 0.256. The first-order valence-electron chi connectivity index (χ1n) is 9.49. The van der Waals surface area contributed by atoms with Gasteiger partial charge in [0.25, 0.3) is 0 Å². The average Bonchev–Trinajstić information content (AvgIpc) is 3.34. The van der Waals surface area contributed by atoms with Crippen LogP contribution in [0.3, 0.4) is 0 Å². The van der Waals surface area contributed by atoms with Gasteiger partial charge in [0.1, 0.15) is 0 Å². The predicted octanol–water partition coefficient (Wildman–Crippen LogP) is 3.75. The fourth-order valence-electron chi connectivity index (χ4n) is 4.14. The molecule has 1 aromatic carbocycles. The molecule has 0 bridgehead atoms. The van der Waals surface area contributed by atoms with E-state index in [1.807, 2.05) is 0 Å². The largest absolute Gasteiger partial charge is 0.480 e. The molecule has 0 amide bonds. The van der Waals surface area contributed by atoms with E-state index in [2.05, 4.69) is 46.1 Å². The first-order chi connectivity index (χ1) is 12.7. The number of likely N-dealkylation sites (tertiary alicyclic amines) is 1. The van der Waals surface area contributed by atoms with E-state index in [0.717, 1.165) is 23.1 Å². The van der Waals surface area contributed by atoms with Gasteiger partial charge in [0, 0.05) is 18.8 Å². The van der Waals surface area contributed by atoms with Crippen LogP contribution in [-0.4, -0.2) is 48.2 Å². The van der Waals surface area contributed by atoms with E-state index in [-0.39, 0.29) is 0 Å². The maximum absolute atomic E-state index is 5.40. The summed E-state index contributed by atoms with van der Waals surface area (Å²) in [5.41, 5.74) is 3.40. The smallest absolute Gasteiger partial charge is 0.319 e. The van der Waals surface area contributed by atoms with E-state index in [1.165, 1.54) is 37.9 Å². The molecule has 2 heterocycles. The molecule has 0 radical (unpaired) electrons. The Morgan fingerprint density at radius 3 is 2.62 bits per heavy atom. The van der Waals surface area contributed by atoms with E-state index in [4.69, 9.17) is 9.47 Å². The summed E-state index contributed by atoms with van der Waals surface area (Å²) in [4.78, 5) is 11.1. The van der Waals surface area contributed by atoms with E-state index >= 15 is 0 Å². The highest BCUT2D eigenvalue weighted by Gasteiger charge is 2.40. The van der Waals surface area contributed by atoms with Gasteiger partial charge in [-0.15, -0.1) is 0 Å². The molecule has 0 spiro atoms. The van der Waals surface area contributed by atoms with Crippen LogP contribution >= 0.6 is 0 Å². The van der Waals surface area contributed by atoms with Crippen molar-refractivity contribution in [2.75, 3.05) is 27.3 Å². The fraction of sp³-hybridized carbons (Fsp3) is 0.524. The first kappa shape index (κ1) is 17.3. The van der Waals surface area contributed by atoms with Gasteiger partial charge in [-0.05, 0) is 55.7 Å². The minimum Gasteiger partial charge on any atom is -0.480 e. The Kier molecular flexibility index (Phi) is 4.81. The molecule has 0 N–H and O–H groups in total. The zero-order chi connectivity index (χ0) is 18.1. The minimum atomic E-state index is 0.319. The molecule has 1 saturated heterocycles. The number of hydrogen-bond donors (Lipinski definition) is 0. The first-order valence-corrected chi connectivity index (χ1v) is 9.49. The number of aromatic nitrogens is 2. The highest BCUT2D eigenvalue weighted by Crippen LogP contribution is 2.48. The lowest BCUT2D eigenvalue weighted by atomic mass is 10.0. The normalized spacial score (nSPS) is 25.3. The average molecular weight is 353 g/mol. The summed E-state index contributed by atoms with van der Waals surface area (Å²) in [6, 6.07) is 9.88.